The van der Waals surface area contributed by atoms with Crippen molar-refractivity contribution < 1.29 is 14.4 Å². The number of likely N-dealkylation sites (tertiary alicyclic amines) is 2. The van der Waals surface area contributed by atoms with Crippen LogP contribution in [0.15, 0.2) is 97.1 Å². The van der Waals surface area contributed by atoms with Crippen molar-refractivity contribution >= 4 is 23.4 Å². The van der Waals surface area contributed by atoms with E-state index >= 15 is 0 Å². The number of rotatable bonds is 7. The van der Waals surface area contributed by atoms with Crippen LogP contribution in [0.25, 0.3) is 0 Å². The summed E-state index contributed by atoms with van der Waals surface area (Å²) in [7, 11) is 1.98. The third-order valence-electron chi connectivity index (χ3n) is 8.68. The Kier molecular flexibility index (Phi) is 6.23. The number of anilines is 1. The molecule has 3 aliphatic heterocycles. The van der Waals surface area contributed by atoms with E-state index in [4.69, 9.17) is 0 Å². The highest BCUT2D eigenvalue weighted by atomic mass is 16.2. The van der Waals surface area contributed by atoms with Gasteiger partial charge in [0, 0.05) is 24.8 Å². The number of imide groups is 1. The second-order valence-corrected chi connectivity index (χ2v) is 11.3. The number of benzene rings is 3. The van der Waals surface area contributed by atoms with Crippen LogP contribution in [0.5, 0.6) is 0 Å². The van der Waals surface area contributed by atoms with E-state index in [0.29, 0.717) is 25.1 Å². The Morgan fingerprint density at radius 2 is 1.51 bits per heavy atom. The Labute approximate surface area is 229 Å². The van der Waals surface area contributed by atoms with Crippen molar-refractivity contribution in [3.8, 4) is 0 Å². The van der Waals surface area contributed by atoms with Gasteiger partial charge >= 0.3 is 0 Å². The summed E-state index contributed by atoms with van der Waals surface area (Å²) < 4.78 is 0. The van der Waals surface area contributed by atoms with Crippen molar-refractivity contribution in [1.29, 1.82) is 0 Å². The lowest BCUT2D eigenvalue weighted by Gasteiger charge is -2.28. The molecule has 6 heteroatoms. The fraction of sp³-hybridized carbons (Fsp3) is 0.303. The average Bonchev–Trinajstić information content (AvgIpc) is 3.48. The second kappa shape index (κ2) is 9.62. The summed E-state index contributed by atoms with van der Waals surface area (Å²) in [6.45, 7) is 7.40. The number of fused-ring (bicyclic) bond motifs is 2. The molecule has 0 spiro atoms. The third kappa shape index (κ3) is 4.10. The van der Waals surface area contributed by atoms with Crippen molar-refractivity contribution in [2.24, 2.45) is 11.8 Å². The van der Waals surface area contributed by atoms with Gasteiger partial charge in [-0.3, -0.25) is 24.2 Å². The van der Waals surface area contributed by atoms with E-state index in [1.54, 1.807) is 0 Å². The zero-order chi connectivity index (χ0) is 27.3. The Bertz CT molecular complexity index is 1450. The Hall–Kier alpha value is -4.03. The number of carbonyl (C=O) groups is 3. The maximum atomic E-state index is 13.9. The van der Waals surface area contributed by atoms with Crippen LogP contribution >= 0.6 is 0 Å². The van der Waals surface area contributed by atoms with E-state index < -0.39 is 11.3 Å². The molecule has 0 aromatic heterocycles. The molecule has 0 N–H and O–H groups in total. The summed E-state index contributed by atoms with van der Waals surface area (Å²) in [4.78, 5) is 46.4. The second-order valence-electron chi connectivity index (χ2n) is 11.3. The zero-order valence-electron chi connectivity index (χ0n) is 22.4. The van der Waals surface area contributed by atoms with Crippen LogP contribution in [-0.4, -0.2) is 47.7 Å². The van der Waals surface area contributed by atoms with Gasteiger partial charge in [0.1, 0.15) is 0 Å². The molecule has 2 saturated heterocycles. The molecule has 3 aromatic rings. The quantitative estimate of drug-likeness (QED) is 0.335. The van der Waals surface area contributed by atoms with Crippen molar-refractivity contribution in [2.45, 2.75) is 31.3 Å². The van der Waals surface area contributed by atoms with Gasteiger partial charge in [-0.05, 0) is 43.1 Å². The maximum absolute atomic E-state index is 13.9. The van der Waals surface area contributed by atoms with Gasteiger partial charge < -0.3 is 4.90 Å². The molecule has 3 aliphatic rings. The lowest BCUT2D eigenvalue weighted by molar-refractivity contribution is -0.140. The Morgan fingerprint density at radius 3 is 2.23 bits per heavy atom. The van der Waals surface area contributed by atoms with Crippen LogP contribution in [0.3, 0.4) is 0 Å². The topological polar surface area (TPSA) is 60.9 Å². The molecule has 3 heterocycles. The first kappa shape index (κ1) is 25.3. The van der Waals surface area contributed by atoms with E-state index in [0.717, 1.165) is 22.4 Å². The first-order chi connectivity index (χ1) is 18.8. The van der Waals surface area contributed by atoms with Crippen molar-refractivity contribution in [3.05, 3.63) is 114 Å². The molecular formula is C33H33N3O3. The molecule has 4 atom stereocenters. The molecule has 0 saturated carbocycles. The van der Waals surface area contributed by atoms with Gasteiger partial charge in [0.2, 0.25) is 17.7 Å². The van der Waals surface area contributed by atoms with E-state index in [9.17, 15) is 14.4 Å². The molecule has 3 amide bonds. The molecule has 0 radical (unpaired) electrons. The average molecular weight is 520 g/mol. The highest BCUT2D eigenvalue weighted by Gasteiger charge is 2.57. The van der Waals surface area contributed by atoms with E-state index in [1.165, 1.54) is 4.90 Å². The van der Waals surface area contributed by atoms with E-state index in [2.05, 4.69) is 11.5 Å². The first-order valence-electron chi connectivity index (χ1n) is 13.5. The van der Waals surface area contributed by atoms with E-state index in [1.807, 2.05) is 104 Å². The summed E-state index contributed by atoms with van der Waals surface area (Å²) in [6, 6.07) is 27.7. The number of hydrogen-bond donors (Lipinski definition) is 0. The molecule has 3 aromatic carbocycles. The molecule has 39 heavy (non-hydrogen) atoms. The fourth-order valence-electron chi connectivity index (χ4n) is 6.90. The highest BCUT2D eigenvalue weighted by Crippen LogP contribution is 2.48. The Morgan fingerprint density at radius 1 is 0.872 bits per heavy atom. The van der Waals surface area contributed by atoms with E-state index in [-0.39, 0.29) is 36.2 Å². The summed E-state index contributed by atoms with van der Waals surface area (Å²) in [6.07, 6.45) is 0.364. The first-order valence-corrected chi connectivity index (χ1v) is 13.5. The van der Waals surface area contributed by atoms with Gasteiger partial charge in [0.05, 0.1) is 23.8 Å². The molecule has 198 valence electrons. The van der Waals surface area contributed by atoms with Crippen LogP contribution < -0.4 is 4.90 Å². The molecule has 0 bridgehead atoms. The van der Waals surface area contributed by atoms with Crippen molar-refractivity contribution in [3.63, 3.8) is 0 Å². The molecule has 2 fully saturated rings. The normalized spacial score (nSPS) is 26.3. The number of para-hydroxylation sites is 1. The molecular weight excluding hydrogens is 486 g/mol. The lowest BCUT2D eigenvalue weighted by Crippen LogP contribution is -2.40. The van der Waals surface area contributed by atoms with Crippen molar-refractivity contribution in [2.75, 3.05) is 25.0 Å². The van der Waals surface area contributed by atoms with Crippen LogP contribution in [0.4, 0.5) is 5.69 Å². The number of carbonyl (C=O) groups excluding carboxylic acids is 3. The maximum Gasteiger partial charge on any atom is 0.238 e. The van der Waals surface area contributed by atoms with Crippen LogP contribution in [0.2, 0.25) is 0 Å². The number of amides is 3. The number of nitrogens with zero attached hydrogens (tertiary/aromatic N) is 3. The number of hydrogen-bond acceptors (Lipinski definition) is 4. The van der Waals surface area contributed by atoms with Gasteiger partial charge in [0.25, 0.3) is 0 Å². The van der Waals surface area contributed by atoms with Gasteiger partial charge in [-0.25, -0.2) is 0 Å². The standard InChI is InChI=1S/C33H33N3O3/c1-22(19-36-30(37)25-21-34(3)29(28(25)31(36)38)24-14-8-5-9-15-24)18-33(2)26-16-10-11-17-27(26)35(32(33)39)20-23-12-6-4-7-13-23/h4-17,25,28-29H,1,18-21H2,2-3H3/t25-,28-,29+,33+/m0/s1. The minimum atomic E-state index is -0.822. The summed E-state index contributed by atoms with van der Waals surface area (Å²) in [5, 5.41) is 0. The van der Waals surface area contributed by atoms with Gasteiger partial charge in [0.15, 0.2) is 0 Å². The SMILES string of the molecule is C=C(CN1C(=O)[C@H]2[C@H](CN(C)[C@@H]2c2ccccc2)C1=O)C[C@@]1(C)C(=O)N(Cc2ccccc2)c2ccccc21. The van der Waals surface area contributed by atoms with Crippen LogP contribution in [-0.2, 0) is 26.3 Å². The largest absolute Gasteiger partial charge is 0.307 e. The fourth-order valence-corrected chi connectivity index (χ4v) is 6.90. The van der Waals surface area contributed by atoms with Gasteiger partial charge in [-0.1, -0.05) is 91.0 Å². The smallest absolute Gasteiger partial charge is 0.238 e. The van der Waals surface area contributed by atoms with Crippen LogP contribution in [0, 0.1) is 11.8 Å². The molecule has 0 aliphatic carbocycles. The molecule has 0 unspecified atom stereocenters. The molecule has 6 rings (SSSR count). The van der Waals surface area contributed by atoms with Gasteiger partial charge in [-0.15, -0.1) is 0 Å². The van der Waals surface area contributed by atoms with Gasteiger partial charge in [-0.2, -0.15) is 0 Å². The predicted molar refractivity (Wildman–Crippen MR) is 151 cm³/mol. The lowest BCUT2D eigenvalue weighted by atomic mass is 9.78. The summed E-state index contributed by atoms with van der Waals surface area (Å²) in [5.41, 5.74) is 3.84. The predicted octanol–water partition coefficient (Wildman–Crippen LogP) is 4.73. The zero-order valence-corrected chi connectivity index (χ0v) is 22.4. The third-order valence-corrected chi connectivity index (χ3v) is 8.68. The Balaban J connectivity index is 1.21. The minimum absolute atomic E-state index is 0.00964. The minimum Gasteiger partial charge on any atom is -0.307 e. The monoisotopic (exact) mass is 519 g/mol. The molecule has 6 nitrogen and oxygen atoms in total. The summed E-state index contributed by atoms with van der Waals surface area (Å²) in [5.74, 6) is -1.02. The summed E-state index contributed by atoms with van der Waals surface area (Å²) >= 11 is 0. The highest BCUT2D eigenvalue weighted by molar-refractivity contribution is 6.08. The van der Waals surface area contributed by atoms with Crippen molar-refractivity contribution in [1.82, 2.24) is 9.80 Å². The van der Waals surface area contributed by atoms with Crippen LogP contribution in [0.1, 0.15) is 36.1 Å².